The minimum Gasteiger partial charge on any atom is -0.263 e. The van der Waals surface area contributed by atoms with Gasteiger partial charge in [0.05, 0.1) is 22.8 Å². The van der Waals surface area contributed by atoms with Gasteiger partial charge in [0.1, 0.15) is 0 Å². The van der Waals surface area contributed by atoms with Crippen molar-refractivity contribution in [2.75, 3.05) is 19.3 Å². The van der Waals surface area contributed by atoms with Gasteiger partial charge in [-0.3, -0.25) is 4.18 Å². The lowest BCUT2D eigenvalue weighted by Crippen LogP contribution is -2.40. The number of piperidine rings is 1. The lowest BCUT2D eigenvalue weighted by atomic mass is 10.1. The molecule has 0 unspecified atom stereocenters. The second kappa shape index (κ2) is 6.62. The van der Waals surface area contributed by atoms with Gasteiger partial charge in [-0.05, 0) is 37.1 Å². The molecule has 0 spiro atoms. The minimum absolute atomic E-state index is 0.131. The van der Waals surface area contributed by atoms with Crippen LogP contribution in [0.15, 0.2) is 29.2 Å². The first-order valence-corrected chi connectivity index (χ1v) is 10.2. The molecule has 136 valence electrons. The Morgan fingerprint density at radius 1 is 1.04 bits per heavy atom. The van der Waals surface area contributed by atoms with Crippen LogP contribution in [0.2, 0.25) is 0 Å². The predicted octanol–water partition coefficient (Wildman–Crippen LogP) is 1.83. The van der Waals surface area contributed by atoms with E-state index < -0.39 is 38.0 Å². The van der Waals surface area contributed by atoms with Gasteiger partial charge in [0.25, 0.3) is 10.1 Å². The average Bonchev–Trinajstić information content (AvgIpc) is 2.46. The normalized spacial score (nSPS) is 18.7. The van der Waals surface area contributed by atoms with Crippen LogP contribution in [0.4, 0.5) is 13.2 Å². The van der Waals surface area contributed by atoms with Crippen LogP contribution in [0.1, 0.15) is 18.4 Å². The van der Waals surface area contributed by atoms with E-state index >= 15 is 0 Å². The highest BCUT2D eigenvalue weighted by Gasteiger charge is 2.32. The van der Waals surface area contributed by atoms with Crippen LogP contribution in [0.5, 0.6) is 0 Å². The zero-order valence-corrected chi connectivity index (χ0v) is 14.3. The van der Waals surface area contributed by atoms with Crippen LogP contribution in [0.25, 0.3) is 0 Å². The Morgan fingerprint density at radius 2 is 1.54 bits per heavy atom. The Labute approximate surface area is 138 Å². The molecule has 1 aromatic carbocycles. The Kier molecular flexibility index (Phi) is 5.28. The molecule has 0 atom stereocenters. The summed E-state index contributed by atoms with van der Waals surface area (Å²) in [6.07, 6.45) is -3.83. The van der Waals surface area contributed by atoms with Gasteiger partial charge in [-0.25, -0.2) is 12.7 Å². The van der Waals surface area contributed by atoms with Gasteiger partial charge in [0.2, 0.25) is 10.0 Å². The molecule has 24 heavy (non-hydrogen) atoms. The van der Waals surface area contributed by atoms with Crippen molar-refractivity contribution in [3.63, 3.8) is 0 Å². The first-order chi connectivity index (χ1) is 10.9. The molecule has 1 aliphatic heterocycles. The summed E-state index contributed by atoms with van der Waals surface area (Å²) in [6.45, 7) is 0.262. The highest BCUT2D eigenvalue weighted by Crippen LogP contribution is 2.30. The molecule has 0 aliphatic carbocycles. The van der Waals surface area contributed by atoms with E-state index in [-0.39, 0.29) is 30.8 Å². The number of benzene rings is 1. The lowest BCUT2D eigenvalue weighted by Gasteiger charge is -2.29. The van der Waals surface area contributed by atoms with Crippen molar-refractivity contribution in [3.8, 4) is 0 Å². The van der Waals surface area contributed by atoms with Crippen LogP contribution >= 0.6 is 0 Å². The van der Waals surface area contributed by atoms with E-state index in [1.54, 1.807) is 0 Å². The van der Waals surface area contributed by atoms with Crippen molar-refractivity contribution < 1.29 is 34.2 Å². The molecule has 1 aliphatic rings. The number of nitrogens with zero attached hydrogens (tertiary/aromatic N) is 1. The molecule has 0 N–H and O–H groups in total. The van der Waals surface area contributed by atoms with E-state index in [1.807, 2.05) is 0 Å². The van der Waals surface area contributed by atoms with Gasteiger partial charge in [-0.2, -0.15) is 21.6 Å². The maximum absolute atomic E-state index is 12.5. The van der Waals surface area contributed by atoms with Crippen LogP contribution in [0, 0.1) is 0 Å². The monoisotopic (exact) mass is 387 g/mol. The summed E-state index contributed by atoms with van der Waals surface area (Å²) in [5.41, 5.74) is -0.956. The van der Waals surface area contributed by atoms with Crippen molar-refractivity contribution >= 4 is 20.1 Å². The standard InChI is InChI=1S/C13H16F3NO5S2/c1-23(18,19)17-8-6-11(7-9-17)22-24(20,21)12-4-2-10(3-5-12)13(14,15)16/h2-5,11H,6-9H2,1H3. The first-order valence-electron chi connectivity index (χ1n) is 6.95. The molecule has 11 heteroatoms. The van der Waals surface area contributed by atoms with Crippen LogP contribution < -0.4 is 0 Å². The molecule has 1 heterocycles. The van der Waals surface area contributed by atoms with Crippen LogP contribution in [-0.2, 0) is 30.5 Å². The van der Waals surface area contributed by atoms with E-state index in [0.717, 1.165) is 18.4 Å². The number of halogens is 3. The molecule has 1 fully saturated rings. The molecule has 1 aromatic rings. The second-order valence-corrected chi connectivity index (χ2v) is 8.99. The Balaban J connectivity index is 2.05. The van der Waals surface area contributed by atoms with Gasteiger partial charge < -0.3 is 0 Å². The fourth-order valence-corrected chi connectivity index (χ4v) is 4.31. The van der Waals surface area contributed by atoms with Gasteiger partial charge in [-0.1, -0.05) is 0 Å². The van der Waals surface area contributed by atoms with E-state index in [2.05, 4.69) is 0 Å². The van der Waals surface area contributed by atoms with E-state index in [9.17, 15) is 30.0 Å². The molecule has 0 aromatic heterocycles. The first kappa shape index (κ1) is 19.2. The average molecular weight is 387 g/mol. The van der Waals surface area contributed by atoms with E-state index in [4.69, 9.17) is 4.18 Å². The molecule has 0 amide bonds. The number of hydrogen-bond acceptors (Lipinski definition) is 5. The molecule has 1 saturated heterocycles. The summed E-state index contributed by atoms with van der Waals surface area (Å²) < 4.78 is 90.7. The van der Waals surface area contributed by atoms with Crippen molar-refractivity contribution in [1.29, 1.82) is 0 Å². The van der Waals surface area contributed by atoms with Crippen molar-refractivity contribution in [2.45, 2.75) is 30.0 Å². The Morgan fingerprint density at radius 3 is 1.96 bits per heavy atom. The summed E-state index contributed by atoms with van der Waals surface area (Å²) >= 11 is 0. The molecular weight excluding hydrogens is 371 g/mol. The van der Waals surface area contributed by atoms with Crippen molar-refractivity contribution in [3.05, 3.63) is 29.8 Å². The number of hydrogen-bond donors (Lipinski definition) is 0. The summed E-state index contributed by atoms with van der Waals surface area (Å²) in [7, 11) is -7.55. The maximum Gasteiger partial charge on any atom is 0.416 e. The van der Waals surface area contributed by atoms with Crippen molar-refractivity contribution in [1.82, 2.24) is 4.31 Å². The number of sulfonamides is 1. The van der Waals surface area contributed by atoms with Crippen LogP contribution in [0.3, 0.4) is 0 Å². The third kappa shape index (κ3) is 4.68. The predicted molar refractivity (Wildman–Crippen MR) is 79.2 cm³/mol. The lowest BCUT2D eigenvalue weighted by molar-refractivity contribution is -0.137. The summed E-state index contributed by atoms with van der Waals surface area (Å²) in [5.74, 6) is 0. The molecule has 0 saturated carbocycles. The maximum atomic E-state index is 12.5. The highest BCUT2D eigenvalue weighted by atomic mass is 32.2. The van der Waals surface area contributed by atoms with Gasteiger partial charge >= 0.3 is 6.18 Å². The quantitative estimate of drug-likeness (QED) is 0.737. The SMILES string of the molecule is CS(=O)(=O)N1CCC(OS(=O)(=O)c2ccc(C(F)(F)F)cc2)CC1. The zero-order chi connectivity index (χ0) is 18.2. The Bertz CT molecular complexity index is 780. The zero-order valence-electron chi connectivity index (χ0n) is 12.7. The summed E-state index contributed by atoms with van der Waals surface area (Å²) in [4.78, 5) is -0.374. The third-order valence-corrected chi connectivity index (χ3v) is 6.28. The topological polar surface area (TPSA) is 80.8 Å². The molecule has 0 radical (unpaired) electrons. The van der Waals surface area contributed by atoms with Crippen LogP contribution in [-0.4, -0.2) is 46.6 Å². The smallest absolute Gasteiger partial charge is 0.263 e. The summed E-state index contributed by atoms with van der Waals surface area (Å²) in [5, 5.41) is 0. The molecule has 2 rings (SSSR count). The molecule has 6 nitrogen and oxygen atoms in total. The fourth-order valence-electron chi connectivity index (χ4n) is 2.31. The largest absolute Gasteiger partial charge is 0.416 e. The van der Waals surface area contributed by atoms with E-state index in [1.165, 1.54) is 4.31 Å². The fraction of sp³-hybridized carbons (Fsp3) is 0.538. The second-order valence-electron chi connectivity index (χ2n) is 5.43. The van der Waals surface area contributed by atoms with Gasteiger partial charge in [-0.15, -0.1) is 0 Å². The Hall–Kier alpha value is -1.17. The number of rotatable bonds is 4. The van der Waals surface area contributed by atoms with Crippen molar-refractivity contribution in [2.24, 2.45) is 0 Å². The minimum atomic E-state index is -4.55. The van der Waals surface area contributed by atoms with Gasteiger partial charge in [0, 0.05) is 13.1 Å². The van der Waals surface area contributed by atoms with E-state index in [0.29, 0.717) is 12.1 Å². The van der Waals surface area contributed by atoms with Gasteiger partial charge in [0.15, 0.2) is 0 Å². The third-order valence-electron chi connectivity index (χ3n) is 3.60. The molecule has 0 bridgehead atoms. The summed E-state index contributed by atoms with van der Waals surface area (Å²) in [6, 6.07) is 3.01. The molecular formula is C13H16F3NO5S2. The highest BCUT2D eigenvalue weighted by molar-refractivity contribution is 7.88. The number of alkyl halides is 3.